The zero-order valence-electron chi connectivity index (χ0n) is 9.36. The average Bonchev–Trinajstić information content (AvgIpc) is 2.84. The van der Waals surface area contributed by atoms with Gasteiger partial charge in [0, 0.05) is 25.4 Å². The second kappa shape index (κ2) is 4.91. The van der Waals surface area contributed by atoms with E-state index in [9.17, 15) is 4.79 Å². The van der Waals surface area contributed by atoms with E-state index in [-0.39, 0.29) is 17.3 Å². The van der Waals surface area contributed by atoms with Crippen molar-refractivity contribution in [3.05, 3.63) is 24.2 Å². The van der Waals surface area contributed by atoms with Crippen LogP contribution in [0.1, 0.15) is 25.5 Å². The molecule has 3 nitrogen and oxygen atoms in total. The molecule has 0 bridgehead atoms. The van der Waals surface area contributed by atoms with Gasteiger partial charge in [-0.1, -0.05) is 0 Å². The van der Waals surface area contributed by atoms with E-state index >= 15 is 0 Å². The lowest BCUT2D eigenvalue weighted by atomic mass is 10.1. The lowest BCUT2D eigenvalue weighted by molar-refractivity contribution is -0.129. The van der Waals surface area contributed by atoms with Crippen LogP contribution in [0.15, 0.2) is 22.8 Å². The van der Waals surface area contributed by atoms with Gasteiger partial charge in [0.1, 0.15) is 5.76 Å². The number of nitrogens with zero attached hydrogens (tertiary/aromatic N) is 1. The van der Waals surface area contributed by atoms with Gasteiger partial charge in [-0.2, -0.15) is 0 Å². The standard InChI is InChI=1S/C12H16ClNO2/c1-9(4-5-11-3-2-6-16-11)14-8-10(13)7-12(14)15/h2-3,6,9-10H,4-5,7-8H2,1H3. The maximum atomic E-state index is 11.6. The highest BCUT2D eigenvalue weighted by molar-refractivity contribution is 6.22. The molecule has 16 heavy (non-hydrogen) atoms. The quantitative estimate of drug-likeness (QED) is 0.759. The third kappa shape index (κ3) is 2.59. The van der Waals surface area contributed by atoms with Gasteiger partial charge in [-0.25, -0.2) is 0 Å². The highest BCUT2D eigenvalue weighted by Gasteiger charge is 2.31. The molecule has 4 heteroatoms. The summed E-state index contributed by atoms with van der Waals surface area (Å²) >= 11 is 5.96. The molecule has 2 heterocycles. The van der Waals surface area contributed by atoms with Gasteiger partial charge in [-0.15, -0.1) is 11.6 Å². The normalized spacial score (nSPS) is 22.8. The number of aryl methyl sites for hydroxylation is 1. The van der Waals surface area contributed by atoms with E-state index in [0.29, 0.717) is 13.0 Å². The summed E-state index contributed by atoms with van der Waals surface area (Å²) < 4.78 is 5.26. The van der Waals surface area contributed by atoms with Crippen molar-refractivity contribution >= 4 is 17.5 Å². The van der Waals surface area contributed by atoms with Gasteiger partial charge >= 0.3 is 0 Å². The molecule has 0 saturated carbocycles. The van der Waals surface area contributed by atoms with Crippen LogP contribution in [0.3, 0.4) is 0 Å². The minimum atomic E-state index is -0.0152. The highest BCUT2D eigenvalue weighted by Crippen LogP contribution is 2.21. The van der Waals surface area contributed by atoms with E-state index in [2.05, 4.69) is 6.92 Å². The van der Waals surface area contributed by atoms with Crippen molar-refractivity contribution in [2.45, 2.75) is 37.6 Å². The Bertz CT molecular complexity index is 350. The number of rotatable bonds is 4. The van der Waals surface area contributed by atoms with Crippen LogP contribution < -0.4 is 0 Å². The van der Waals surface area contributed by atoms with Crippen LogP contribution in [0.4, 0.5) is 0 Å². The summed E-state index contributed by atoms with van der Waals surface area (Å²) in [4.78, 5) is 13.5. The van der Waals surface area contributed by atoms with Crippen molar-refractivity contribution in [1.82, 2.24) is 4.90 Å². The summed E-state index contributed by atoms with van der Waals surface area (Å²) in [6, 6.07) is 4.08. The van der Waals surface area contributed by atoms with Crippen molar-refractivity contribution in [3.63, 3.8) is 0 Å². The first kappa shape index (κ1) is 11.5. The number of carbonyl (C=O) groups excluding carboxylic acids is 1. The van der Waals surface area contributed by atoms with Crippen molar-refractivity contribution in [3.8, 4) is 0 Å². The van der Waals surface area contributed by atoms with Crippen molar-refractivity contribution in [1.29, 1.82) is 0 Å². The van der Waals surface area contributed by atoms with Gasteiger partial charge < -0.3 is 9.32 Å². The summed E-state index contributed by atoms with van der Waals surface area (Å²) in [5.74, 6) is 1.15. The van der Waals surface area contributed by atoms with Crippen LogP contribution in [0.25, 0.3) is 0 Å². The molecular weight excluding hydrogens is 226 g/mol. The van der Waals surface area contributed by atoms with Gasteiger partial charge in [0.05, 0.1) is 11.6 Å². The fourth-order valence-corrected chi connectivity index (χ4v) is 2.35. The third-order valence-electron chi connectivity index (χ3n) is 3.03. The van der Waals surface area contributed by atoms with Crippen LogP contribution in [-0.2, 0) is 11.2 Å². The Hall–Kier alpha value is -0.960. The third-order valence-corrected chi connectivity index (χ3v) is 3.32. The van der Waals surface area contributed by atoms with E-state index < -0.39 is 0 Å². The van der Waals surface area contributed by atoms with E-state index in [4.69, 9.17) is 16.0 Å². The van der Waals surface area contributed by atoms with Crippen LogP contribution in [0.2, 0.25) is 0 Å². The maximum Gasteiger partial charge on any atom is 0.224 e. The summed E-state index contributed by atoms with van der Waals surface area (Å²) in [6.45, 7) is 2.75. The second-order valence-electron chi connectivity index (χ2n) is 4.31. The molecule has 1 aliphatic heterocycles. The minimum Gasteiger partial charge on any atom is -0.469 e. The SMILES string of the molecule is CC(CCc1ccco1)N1CC(Cl)CC1=O. The molecule has 1 aliphatic rings. The number of alkyl halides is 1. The smallest absolute Gasteiger partial charge is 0.224 e. The molecule has 1 fully saturated rings. The molecule has 0 radical (unpaired) electrons. The Morgan fingerprint density at radius 1 is 1.69 bits per heavy atom. The van der Waals surface area contributed by atoms with E-state index in [1.54, 1.807) is 6.26 Å². The zero-order chi connectivity index (χ0) is 11.5. The molecule has 1 aromatic rings. The van der Waals surface area contributed by atoms with Gasteiger partial charge in [-0.05, 0) is 25.5 Å². The molecule has 2 unspecified atom stereocenters. The fraction of sp³-hybridized carbons (Fsp3) is 0.583. The van der Waals surface area contributed by atoms with Crippen LogP contribution in [-0.4, -0.2) is 28.8 Å². The molecule has 2 rings (SSSR count). The van der Waals surface area contributed by atoms with Crippen molar-refractivity contribution in [2.75, 3.05) is 6.54 Å². The molecule has 0 spiro atoms. The topological polar surface area (TPSA) is 33.5 Å². The monoisotopic (exact) mass is 241 g/mol. The first-order valence-electron chi connectivity index (χ1n) is 5.62. The van der Waals surface area contributed by atoms with E-state index in [1.807, 2.05) is 17.0 Å². The summed E-state index contributed by atoms with van der Waals surface area (Å²) in [7, 11) is 0. The number of amides is 1. The van der Waals surface area contributed by atoms with Crippen molar-refractivity contribution in [2.24, 2.45) is 0 Å². The molecule has 88 valence electrons. The Labute approximate surface area is 100 Å². The van der Waals surface area contributed by atoms with E-state index in [1.165, 1.54) is 0 Å². The van der Waals surface area contributed by atoms with Crippen LogP contribution in [0.5, 0.6) is 0 Å². The fourth-order valence-electron chi connectivity index (χ4n) is 2.07. The maximum absolute atomic E-state index is 11.6. The lowest BCUT2D eigenvalue weighted by Gasteiger charge is -2.23. The van der Waals surface area contributed by atoms with Gasteiger partial charge in [0.2, 0.25) is 5.91 Å². The average molecular weight is 242 g/mol. The van der Waals surface area contributed by atoms with Gasteiger partial charge in [-0.3, -0.25) is 4.79 Å². The Morgan fingerprint density at radius 3 is 3.06 bits per heavy atom. The molecule has 0 N–H and O–H groups in total. The van der Waals surface area contributed by atoms with Gasteiger partial charge in [0.25, 0.3) is 0 Å². The highest BCUT2D eigenvalue weighted by atomic mass is 35.5. The predicted octanol–water partition coefficient (Wildman–Crippen LogP) is 2.44. The number of furan rings is 1. The number of hydrogen-bond acceptors (Lipinski definition) is 2. The second-order valence-corrected chi connectivity index (χ2v) is 4.93. The Balaban J connectivity index is 1.84. The summed E-state index contributed by atoms with van der Waals surface area (Å²) in [6.07, 6.45) is 3.94. The first-order valence-corrected chi connectivity index (χ1v) is 6.06. The number of hydrogen-bond donors (Lipinski definition) is 0. The number of carbonyl (C=O) groups is 1. The van der Waals surface area contributed by atoms with E-state index in [0.717, 1.165) is 18.6 Å². The van der Waals surface area contributed by atoms with Gasteiger partial charge in [0.15, 0.2) is 0 Å². The Morgan fingerprint density at radius 2 is 2.50 bits per heavy atom. The summed E-state index contributed by atoms with van der Waals surface area (Å²) in [5.41, 5.74) is 0. The number of likely N-dealkylation sites (tertiary alicyclic amines) is 1. The molecule has 1 amide bonds. The zero-order valence-corrected chi connectivity index (χ0v) is 10.1. The molecule has 0 aromatic carbocycles. The molecule has 0 aliphatic carbocycles. The predicted molar refractivity (Wildman–Crippen MR) is 62.5 cm³/mol. The molecule has 1 saturated heterocycles. The summed E-state index contributed by atoms with van der Waals surface area (Å²) in [5, 5.41) is -0.0152. The number of halogens is 1. The molecular formula is C12H16ClNO2. The largest absolute Gasteiger partial charge is 0.469 e. The molecule has 1 aromatic heterocycles. The molecule has 2 atom stereocenters. The first-order chi connectivity index (χ1) is 7.66. The lowest BCUT2D eigenvalue weighted by Crippen LogP contribution is -2.34. The van der Waals surface area contributed by atoms with Crippen LogP contribution in [0, 0.1) is 0 Å². The Kier molecular flexibility index (Phi) is 3.54. The van der Waals surface area contributed by atoms with Crippen LogP contribution >= 0.6 is 11.6 Å². The minimum absolute atomic E-state index is 0.0152. The van der Waals surface area contributed by atoms with Crippen molar-refractivity contribution < 1.29 is 9.21 Å².